The predicted molar refractivity (Wildman–Crippen MR) is 101 cm³/mol. The van der Waals surface area contributed by atoms with Crippen molar-refractivity contribution in [2.75, 3.05) is 7.11 Å². The Hall–Kier alpha value is -2.94. The molecule has 0 atom stereocenters. The van der Waals surface area contributed by atoms with E-state index in [0.717, 1.165) is 28.9 Å². The van der Waals surface area contributed by atoms with Crippen LogP contribution in [0.25, 0.3) is 22.4 Å². The molecule has 0 aliphatic carbocycles. The van der Waals surface area contributed by atoms with Crippen LogP contribution in [0.4, 0.5) is 0 Å². The summed E-state index contributed by atoms with van der Waals surface area (Å²) in [7, 11) is 1.67. The van der Waals surface area contributed by atoms with E-state index in [0.29, 0.717) is 5.56 Å². The van der Waals surface area contributed by atoms with E-state index in [2.05, 4.69) is 37.9 Å². The lowest BCUT2D eigenvalue weighted by atomic mass is 9.89. The van der Waals surface area contributed by atoms with Gasteiger partial charge < -0.3 is 4.74 Å². The van der Waals surface area contributed by atoms with Gasteiger partial charge in [0.25, 0.3) is 0 Å². The van der Waals surface area contributed by atoms with Gasteiger partial charge in [-0.05, 0) is 73.4 Å². The third kappa shape index (κ3) is 3.31. The van der Waals surface area contributed by atoms with Gasteiger partial charge in [-0.1, -0.05) is 17.7 Å². The van der Waals surface area contributed by atoms with Gasteiger partial charge in [0.05, 0.1) is 12.8 Å². The van der Waals surface area contributed by atoms with Gasteiger partial charge in [0.2, 0.25) is 0 Å². The first kappa shape index (κ1) is 16.9. The first-order valence-corrected chi connectivity index (χ1v) is 8.21. The van der Waals surface area contributed by atoms with Crippen molar-refractivity contribution in [1.82, 2.24) is 4.98 Å². The minimum Gasteiger partial charge on any atom is -0.497 e. The van der Waals surface area contributed by atoms with Crippen LogP contribution in [0.3, 0.4) is 0 Å². The zero-order chi connectivity index (χ0) is 18.0. The van der Waals surface area contributed by atoms with Crippen molar-refractivity contribution in [1.29, 1.82) is 0 Å². The zero-order valence-corrected chi connectivity index (χ0v) is 15.0. The number of nitrogens with zero attached hydrogens (tertiary/aromatic N) is 1. The van der Waals surface area contributed by atoms with Crippen LogP contribution in [-0.2, 0) is 0 Å². The fourth-order valence-corrected chi connectivity index (χ4v) is 3.35. The highest BCUT2D eigenvalue weighted by Gasteiger charge is 2.15. The smallest absolute Gasteiger partial charge is 0.150 e. The highest BCUT2D eigenvalue weighted by molar-refractivity contribution is 5.87. The fraction of sp³-hybridized carbons (Fsp3) is 0.182. The number of pyridine rings is 1. The van der Waals surface area contributed by atoms with Crippen LogP contribution in [-0.4, -0.2) is 18.4 Å². The van der Waals surface area contributed by atoms with Crippen molar-refractivity contribution in [2.24, 2.45) is 0 Å². The van der Waals surface area contributed by atoms with Crippen LogP contribution in [0.1, 0.15) is 27.0 Å². The maximum atomic E-state index is 11.1. The van der Waals surface area contributed by atoms with Crippen molar-refractivity contribution in [3.05, 3.63) is 70.9 Å². The highest BCUT2D eigenvalue weighted by Crippen LogP contribution is 2.38. The second-order valence-electron chi connectivity index (χ2n) is 6.28. The molecule has 1 aromatic heterocycles. The molecule has 0 N–H and O–H groups in total. The van der Waals surface area contributed by atoms with E-state index in [1.165, 1.54) is 22.3 Å². The average molecular weight is 331 g/mol. The summed E-state index contributed by atoms with van der Waals surface area (Å²) in [5.74, 6) is 0.796. The van der Waals surface area contributed by atoms with Crippen LogP contribution in [0, 0.1) is 20.8 Å². The van der Waals surface area contributed by atoms with Crippen molar-refractivity contribution in [3.8, 4) is 28.1 Å². The molecule has 0 radical (unpaired) electrons. The maximum absolute atomic E-state index is 11.1. The number of rotatable bonds is 4. The Morgan fingerprint density at radius 1 is 0.920 bits per heavy atom. The lowest BCUT2D eigenvalue weighted by Crippen LogP contribution is -1.96. The van der Waals surface area contributed by atoms with E-state index in [1.54, 1.807) is 19.4 Å². The number of ether oxygens (including phenoxy) is 1. The lowest BCUT2D eigenvalue weighted by molar-refractivity contribution is 0.112. The molecule has 0 unspecified atom stereocenters. The minimum absolute atomic E-state index is 0.615. The summed E-state index contributed by atoms with van der Waals surface area (Å²) in [6.07, 6.45) is 2.51. The van der Waals surface area contributed by atoms with Gasteiger partial charge in [0, 0.05) is 17.3 Å². The first-order valence-electron chi connectivity index (χ1n) is 8.21. The molecule has 126 valence electrons. The lowest BCUT2D eigenvalue weighted by Gasteiger charge is -2.17. The molecule has 0 fully saturated rings. The molecule has 0 amide bonds. The largest absolute Gasteiger partial charge is 0.497 e. The topological polar surface area (TPSA) is 39.2 Å². The standard InChI is InChI=1S/C22H21NO2/c1-14-9-15(2)22(16(3)10-14)20-12-18(25-4)5-6-19(20)21-11-17(13-24)7-8-23-21/h5-13H,1-4H3. The molecule has 0 spiro atoms. The van der Waals surface area contributed by atoms with Crippen molar-refractivity contribution in [2.45, 2.75) is 20.8 Å². The number of carbonyl (C=O) groups is 1. The van der Waals surface area contributed by atoms with Crippen molar-refractivity contribution >= 4 is 6.29 Å². The van der Waals surface area contributed by atoms with Crippen LogP contribution in [0.15, 0.2) is 48.7 Å². The third-order valence-corrected chi connectivity index (χ3v) is 4.37. The van der Waals surface area contributed by atoms with Gasteiger partial charge in [-0.3, -0.25) is 9.78 Å². The molecular weight excluding hydrogens is 310 g/mol. The van der Waals surface area contributed by atoms with Crippen LogP contribution >= 0.6 is 0 Å². The Balaban J connectivity index is 2.30. The Morgan fingerprint density at radius 2 is 1.64 bits per heavy atom. The molecule has 0 saturated carbocycles. The van der Waals surface area contributed by atoms with E-state index in [1.807, 2.05) is 24.3 Å². The molecule has 25 heavy (non-hydrogen) atoms. The Bertz CT molecular complexity index is 922. The third-order valence-electron chi connectivity index (χ3n) is 4.37. The van der Waals surface area contributed by atoms with Crippen molar-refractivity contribution in [3.63, 3.8) is 0 Å². The van der Waals surface area contributed by atoms with Crippen molar-refractivity contribution < 1.29 is 9.53 Å². The Kier molecular flexibility index (Phi) is 4.66. The molecule has 3 aromatic rings. The summed E-state index contributed by atoms with van der Waals surface area (Å²) in [4.78, 5) is 15.6. The minimum atomic E-state index is 0.615. The van der Waals surface area contributed by atoms with Crippen LogP contribution < -0.4 is 4.74 Å². The number of aryl methyl sites for hydroxylation is 3. The monoisotopic (exact) mass is 331 g/mol. The van der Waals surface area contributed by atoms with Gasteiger partial charge in [0.1, 0.15) is 12.0 Å². The SMILES string of the molecule is COc1ccc(-c2cc(C=O)ccn2)c(-c2c(C)cc(C)cc2C)c1. The second kappa shape index (κ2) is 6.89. The van der Waals surface area contributed by atoms with E-state index in [4.69, 9.17) is 4.74 Å². The number of benzene rings is 2. The molecule has 0 aliphatic heterocycles. The number of methoxy groups -OCH3 is 1. The number of aldehydes is 1. The molecule has 1 heterocycles. The quantitative estimate of drug-likeness (QED) is 0.620. The number of aromatic nitrogens is 1. The van der Waals surface area contributed by atoms with Crippen LogP contribution in [0.5, 0.6) is 5.75 Å². The van der Waals surface area contributed by atoms with E-state index in [9.17, 15) is 4.79 Å². The zero-order valence-electron chi connectivity index (χ0n) is 15.0. The normalized spacial score (nSPS) is 10.6. The number of hydrogen-bond donors (Lipinski definition) is 0. The second-order valence-corrected chi connectivity index (χ2v) is 6.28. The van der Waals surface area contributed by atoms with Gasteiger partial charge >= 0.3 is 0 Å². The summed E-state index contributed by atoms with van der Waals surface area (Å²) in [5, 5.41) is 0. The number of carbonyl (C=O) groups excluding carboxylic acids is 1. The van der Waals surface area contributed by atoms with Gasteiger partial charge in [-0.2, -0.15) is 0 Å². The van der Waals surface area contributed by atoms with E-state index >= 15 is 0 Å². The molecule has 0 aliphatic rings. The average Bonchev–Trinajstić information content (AvgIpc) is 2.60. The van der Waals surface area contributed by atoms with Crippen LogP contribution in [0.2, 0.25) is 0 Å². The summed E-state index contributed by atoms with van der Waals surface area (Å²) in [6, 6.07) is 13.9. The Morgan fingerprint density at radius 3 is 2.28 bits per heavy atom. The predicted octanol–water partition coefficient (Wildman–Crippen LogP) is 5.16. The highest BCUT2D eigenvalue weighted by atomic mass is 16.5. The molecule has 3 nitrogen and oxygen atoms in total. The molecule has 3 rings (SSSR count). The Labute approximate surface area is 148 Å². The summed E-state index contributed by atoms with van der Waals surface area (Å²) >= 11 is 0. The molecule has 2 aromatic carbocycles. The molecule has 0 bridgehead atoms. The van der Waals surface area contributed by atoms with Gasteiger partial charge in [-0.25, -0.2) is 0 Å². The molecular formula is C22H21NO2. The maximum Gasteiger partial charge on any atom is 0.150 e. The molecule has 3 heteroatoms. The van der Waals surface area contributed by atoms with E-state index < -0.39 is 0 Å². The number of hydrogen-bond acceptors (Lipinski definition) is 3. The van der Waals surface area contributed by atoms with Gasteiger partial charge in [0.15, 0.2) is 0 Å². The van der Waals surface area contributed by atoms with Gasteiger partial charge in [-0.15, -0.1) is 0 Å². The molecule has 0 saturated heterocycles. The summed E-state index contributed by atoms with van der Waals surface area (Å²) in [6.45, 7) is 6.34. The summed E-state index contributed by atoms with van der Waals surface area (Å²) in [5.41, 5.74) is 8.27. The summed E-state index contributed by atoms with van der Waals surface area (Å²) < 4.78 is 5.44. The first-order chi connectivity index (χ1) is 12.0. The fourth-order valence-electron chi connectivity index (χ4n) is 3.35. The van der Waals surface area contributed by atoms with E-state index in [-0.39, 0.29) is 0 Å².